The van der Waals surface area contributed by atoms with Crippen LogP contribution in [0.2, 0.25) is 0 Å². The summed E-state index contributed by atoms with van der Waals surface area (Å²) in [5.74, 6) is -0.212. The van der Waals surface area contributed by atoms with Crippen LogP contribution in [0.15, 0.2) is 24.3 Å². The molecule has 0 spiro atoms. The van der Waals surface area contributed by atoms with Gasteiger partial charge < -0.3 is 10.5 Å². The molecule has 5 heteroatoms. The van der Waals surface area contributed by atoms with E-state index in [1.54, 1.807) is 12.1 Å². The Morgan fingerprint density at radius 3 is 2.20 bits per heavy atom. The summed E-state index contributed by atoms with van der Waals surface area (Å²) in [5.41, 5.74) is 6.44. The van der Waals surface area contributed by atoms with Gasteiger partial charge in [0.25, 0.3) is 0 Å². The first-order valence-corrected chi connectivity index (χ1v) is 4.47. The number of hydrogen-bond donors (Lipinski definition) is 1. The second-order valence-electron chi connectivity index (χ2n) is 3.37. The predicted octanol–water partition coefficient (Wildman–Crippen LogP) is 2.47. The SMILES string of the molecule is C[C@@H](N)Cc1ccc(OC(F)(F)F)cc1. The third kappa shape index (κ3) is 4.69. The summed E-state index contributed by atoms with van der Waals surface area (Å²) < 4.78 is 39.2. The predicted molar refractivity (Wildman–Crippen MR) is 50.5 cm³/mol. The molecule has 2 N–H and O–H groups in total. The van der Waals surface area contributed by atoms with Crippen molar-refractivity contribution in [1.29, 1.82) is 0 Å². The number of halogens is 3. The van der Waals surface area contributed by atoms with Gasteiger partial charge in [-0.1, -0.05) is 12.1 Å². The number of alkyl halides is 3. The van der Waals surface area contributed by atoms with E-state index in [4.69, 9.17) is 5.73 Å². The normalized spacial score (nSPS) is 13.7. The van der Waals surface area contributed by atoms with Crippen LogP contribution in [0, 0.1) is 0 Å². The van der Waals surface area contributed by atoms with E-state index in [-0.39, 0.29) is 11.8 Å². The molecule has 0 amide bonds. The molecule has 2 nitrogen and oxygen atoms in total. The van der Waals surface area contributed by atoms with Gasteiger partial charge in [0.15, 0.2) is 0 Å². The Labute approximate surface area is 85.8 Å². The van der Waals surface area contributed by atoms with E-state index in [2.05, 4.69) is 4.74 Å². The number of benzene rings is 1. The van der Waals surface area contributed by atoms with Gasteiger partial charge in [-0.3, -0.25) is 0 Å². The van der Waals surface area contributed by atoms with E-state index in [1.165, 1.54) is 12.1 Å². The minimum Gasteiger partial charge on any atom is -0.406 e. The van der Waals surface area contributed by atoms with Crippen LogP contribution in [0.1, 0.15) is 12.5 Å². The summed E-state index contributed by atoms with van der Waals surface area (Å²) in [6, 6.07) is 5.70. The zero-order valence-electron chi connectivity index (χ0n) is 8.21. The number of hydrogen-bond acceptors (Lipinski definition) is 2. The molecule has 0 radical (unpaired) electrons. The number of ether oxygens (including phenoxy) is 1. The zero-order chi connectivity index (χ0) is 11.5. The Morgan fingerprint density at radius 2 is 1.80 bits per heavy atom. The molecule has 1 rings (SSSR count). The Hall–Kier alpha value is -1.23. The molecular formula is C10H12F3NO. The third-order valence-electron chi connectivity index (χ3n) is 1.71. The largest absolute Gasteiger partial charge is 0.573 e. The summed E-state index contributed by atoms with van der Waals surface area (Å²) in [4.78, 5) is 0. The van der Waals surface area contributed by atoms with Gasteiger partial charge in [0.05, 0.1) is 0 Å². The van der Waals surface area contributed by atoms with E-state index in [0.29, 0.717) is 6.42 Å². The summed E-state index contributed by atoms with van der Waals surface area (Å²) in [6.07, 6.45) is -4.00. The minimum absolute atomic E-state index is 0.0145. The van der Waals surface area contributed by atoms with Crippen LogP contribution in [0.4, 0.5) is 13.2 Å². The van der Waals surface area contributed by atoms with E-state index in [0.717, 1.165) is 5.56 Å². The average Bonchev–Trinajstić information content (AvgIpc) is 2.05. The van der Waals surface area contributed by atoms with Gasteiger partial charge in [-0.15, -0.1) is 13.2 Å². The van der Waals surface area contributed by atoms with Crippen LogP contribution in [-0.4, -0.2) is 12.4 Å². The smallest absolute Gasteiger partial charge is 0.406 e. The fourth-order valence-electron chi connectivity index (χ4n) is 1.20. The maximum Gasteiger partial charge on any atom is 0.573 e. The van der Waals surface area contributed by atoms with E-state index in [1.807, 2.05) is 6.92 Å². The van der Waals surface area contributed by atoms with Crippen molar-refractivity contribution in [3.63, 3.8) is 0 Å². The van der Waals surface area contributed by atoms with E-state index >= 15 is 0 Å². The Morgan fingerprint density at radius 1 is 1.27 bits per heavy atom. The lowest BCUT2D eigenvalue weighted by molar-refractivity contribution is -0.274. The maximum absolute atomic E-state index is 11.8. The molecule has 0 aromatic heterocycles. The van der Waals surface area contributed by atoms with Crippen LogP contribution in [0.25, 0.3) is 0 Å². The fraction of sp³-hybridized carbons (Fsp3) is 0.400. The lowest BCUT2D eigenvalue weighted by Gasteiger charge is -2.10. The lowest BCUT2D eigenvalue weighted by atomic mass is 10.1. The first-order chi connectivity index (χ1) is 6.87. The highest BCUT2D eigenvalue weighted by Crippen LogP contribution is 2.22. The standard InChI is InChI=1S/C10H12F3NO/c1-7(14)6-8-2-4-9(5-3-8)15-10(11,12)13/h2-5,7H,6,14H2,1H3/t7-/m1/s1. The van der Waals surface area contributed by atoms with Crippen molar-refractivity contribution in [2.24, 2.45) is 5.73 Å². The molecule has 0 saturated carbocycles. The highest BCUT2D eigenvalue weighted by molar-refractivity contribution is 5.27. The second kappa shape index (κ2) is 4.53. The van der Waals surface area contributed by atoms with Gasteiger partial charge in [0.1, 0.15) is 5.75 Å². The fourth-order valence-corrected chi connectivity index (χ4v) is 1.20. The molecule has 0 bridgehead atoms. The van der Waals surface area contributed by atoms with Crippen molar-refractivity contribution in [3.05, 3.63) is 29.8 Å². The van der Waals surface area contributed by atoms with Crippen molar-refractivity contribution >= 4 is 0 Å². The molecule has 0 saturated heterocycles. The summed E-state index contributed by atoms with van der Waals surface area (Å²) in [7, 11) is 0. The summed E-state index contributed by atoms with van der Waals surface area (Å²) in [6.45, 7) is 1.83. The van der Waals surface area contributed by atoms with Gasteiger partial charge in [-0.25, -0.2) is 0 Å². The second-order valence-corrected chi connectivity index (χ2v) is 3.37. The minimum atomic E-state index is -4.64. The maximum atomic E-state index is 11.8. The van der Waals surface area contributed by atoms with Gasteiger partial charge >= 0.3 is 6.36 Å². The van der Waals surface area contributed by atoms with Gasteiger partial charge in [-0.05, 0) is 31.0 Å². The Bertz CT molecular complexity index is 305. The van der Waals surface area contributed by atoms with Gasteiger partial charge in [0, 0.05) is 6.04 Å². The molecule has 84 valence electrons. The molecule has 0 fully saturated rings. The van der Waals surface area contributed by atoms with Crippen LogP contribution >= 0.6 is 0 Å². The molecule has 0 heterocycles. The summed E-state index contributed by atoms with van der Waals surface area (Å²) in [5, 5.41) is 0. The van der Waals surface area contributed by atoms with Crippen LogP contribution in [0.3, 0.4) is 0 Å². The molecule has 1 aromatic carbocycles. The lowest BCUT2D eigenvalue weighted by Crippen LogP contribution is -2.18. The molecule has 0 unspecified atom stereocenters. The monoisotopic (exact) mass is 219 g/mol. The zero-order valence-corrected chi connectivity index (χ0v) is 8.21. The van der Waals surface area contributed by atoms with Crippen molar-refractivity contribution in [3.8, 4) is 5.75 Å². The van der Waals surface area contributed by atoms with Crippen molar-refractivity contribution in [2.75, 3.05) is 0 Å². The Kier molecular flexibility index (Phi) is 3.57. The Balaban J connectivity index is 2.64. The highest BCUT2D eigenvalue weighted by Gasteiger charge is 2.30. The molecule has 0 aliphatic carbocycles. The van der Waals surface area contributed by atoms with E-state index < -0.39 is 6.36 Å². The molecule has 1 aromatic rings. The topological polar surface area (TPSA) is 35.2 Å². The number of nitrogens with two attached hydrogens (primary N) is 1. The van der Waals surface area contributed by atoms with E-state index in [9.17, 15) is 13.2 Å². The number of rotatable bonds is 3. The van der Waals surface area contributed by atoms with Crippen LogP contribution in [-0.2, 0) is 6.42 Å². The molecule has 0 aliphatic heterocycles. The average molecular weight is 219 g/mol. The third-order valence-corrected chi connectivity index (χ3v) is 1.71. The van der Waals surface area contributed by atoms with Gasteiger partial charge in [-0.2, -0.15) is 0 Å². The molecule has 15 heavy (non-hydrogen) atoms. The first kappa shape index (κ1) is 11.8. The van der Waals surface area contributed by atoms with Crippen molar-refractivity contribution in [1.82, 2.24) is 0 Å². The molecule has 1 atom stereocenters. The summed E-state index contributed by atoms with van der Waals surface area (Å²) >= 11 is 0. The first-order valence-electron chi connectivity index (χ1n) is 4.47. The van der Waals surface area contributed by atoms with Crippen LogP contribution in [0.5, 0.6) is 5.75 Å². The molecule has 0 aliphatic rings. The van der Waals surface area contributed by atoms with Crippen molar-refractivity contribution < 1.29 is 17.9 Å². The van der Waals surface area contributed by atoms with Gasteiger partial charge in [0.2, 0.25) is 0 Å². The quantitative estimate of drug-likeness (QED) is 0.847. The highest BCUT2D eigenvalue weighted by atomic mass is 19.4. The van der Waals surface area contributed by atoms with Crippen molar-refractivity contribution in [2.45, 2.75) is 25.7 Å². The molecular weight excluding hydrogens is 207 g/mol. The van der Waals surface area contributed by atoms with Crippen LogP contribution < -0.4 is 10.5 Å².